The van der Waals surface area contributed by atoms with Gasteiger partial charge < -0.3 is 10.4 Å². The van der Waals surface area contributed by atoms with Crippen molar-refractivity contribution in [3.63, 3.8) is 0 Å². The Morgan fingerprint density at radius 1 is 1.29 bits per heavy atom. The van der Waals surface area contributed by atoms with Crippen LogP contribution in [0.4, 0.5) is 0 Å². The number of aliphatic carboxylic acids is 1. The summed E-state index contributed by atoms with van der Waals surface area (Å²) in [6.07, 6.45) is 0.772. The first kappa shape index (κ1) is 18.1. The van der Waals surface area contributed by atoms with E-state index in [9.17, 15) is 14.7 Å². The first-order chi connectivity index (χ1) is 11.4. The molecule has 0 aliphatic carbocycles. The van der Waals surface area contributed by atoms with Gasteiger partial charge in [-0.15, -0.1) is 11.3 Å². The van der Waals surface area contributed by atoms with Gasteiger partial charge in [-0.25, -0.2) is 9.78 Å². The summed E-state index contributed by atoms with van der Waals surface area (Å²) in [5.41, 5.74) is 2.85. The molecule has 0 saturated carbocycles. The van der Waals surface area contributed by atoms with Gasteiger partial charge in [-0.3, -0.25) is 4.79 Å². The minimum atomic E-state index is -1.00. The van der Waals surface area contributed by atoms with Crippen molar-refractivity contribution in [2.24, 2.45) is 5.92 Å². The number of carbonyl (C=O) groups excluding carboxylic acids is 1. The summed E-state index contributed by atoms with van der Waals surface area (Å²) in [6.45, 7) is 5.75. The number of nitrogens with zero attached hydrogens (tertiary/aromatic N) is 1. The Morgan fingerprint density at radius 2 is 1.96 bits per heavy atom. The first-order valence-corrected chi connectivity index (χ1v) is 8.82. The van der Waals surface area contributed by atoms with E-state index in [2.05, 4.69) is 10.3 Å². The summed E-state index contributed by atoms with van der Waals surface area (Å²) < 4.78 is 0. The van der Waals surface area contributed by atoms with Crippen molar-refractivity contribution in [2.75, 3.05) is 0 Å². The number of aryl methyl sites for hydroxylation is 1. The van der Waals surface area contributed by atoms with Crippen LogP contribution >= 0.6 is 11.3 Å². The molecule has 0 aliphatic rings. The highest BCUT2D eigenvalue weighted by Gasteiger charge is 2.25. The molecule has 0 aliphatic heterocycles. The molecule has 2 atom stereocenters. The number of aromatic nitrogens is 1. The molecule has 2 N–H and O–H groups in total. The fraction of sp³-hybridized carbons (Fsp3) is 0.389. The summed E-state index contributed by atoms with van der Waals surface area (Å²) in [5.74, 6) is -1.44. The third kappa shape index (κ3) is 4.64. The van der Waals surface area contributed by atoms with E-state index in [1.807, 2.05) is 50.4 Å². The second-order valence-electron chi connectivity index (χ2n) is 5.96. The average Bonchev–Trinajstić information content (AvgIpc) is 3.00. The number of amides is 1. The van der Waals surface area contributed by atoms with Crippen LogP contribution in [0.15, 0.2) is 29.6 Å². The van der Waals surface area contributed by atoms with Crippen molar-refractivity contribution in [1.82, 2.24) is 10.3 Å². The molecule has 5 nitrogen and oxygen atoms in total. The van der Waals surface area contributed by atoms with Crippen LogP contribution in [0.3, 0.4) is 0 Å². The van der Waals surface area contributed by atoms with Crippen LogP contribution in [0.5, 0.6) is 0 Å². The standard InChI is InChI=1S/C18H22N2O3S/c1-4-12(3)16(18(22)23)20-15(21)9-14-10-24-17(19-14)13-7-5-11(2)6-8-13/h5-8,10,12,16H,4,9H2,1-3H3,(H,20,21)(H,22,23)/t12-,16-/m0/s1. The molecule has 0 spiro atoms. The van der Waals surface area contributed by atoms with Gasteiger partial charge in [0.2, 0.25) is 5.91 Å². The van der Waals surface area contributed by atoms with Crippen LogP contribution in [-0.2, 0) is 16.0 Å². The molecule has 2 aromatic rings. The van der Waals surface area contributed by atoms with Gasteiger partial charge in [0.25, 0.3) is 0 Å². The lowest BCUT2D eigenvalue weighted by Gasteiger charge is -2.19. The number of benzene rings is 1. The predicted molar refractivity (Wildman–Crippen MR) is 95.0 cm³/mol. The number of rotatable bonds is 7. The van der Waals surface area contributed by atoms with Crippen LogP contribution in [0.2, 0.25) is 0 Å². The molecule has 128 valence electrons. The van der Waals surface area contributed by atoms with E-state index < -0.39 is 12.0 Å². The number of carboxylic acids is 1. The molecular formula is C18H22N2O3S. The van der Waals surface area contributed by atoms with Crippen molar-refractivity contribution < 1.29 is 14.7 Å². The van der Waals surface area contributed by atoms with E-state index >= 15 is 0 Å². The maximum Gasteiger partial charge on any atom is 0.326 e. The average molecular weight is 346 g/mol. The lowest BCUT2D eigenvalue weighted by molar-refractivity contribution is -0.143. The van der Waals surface area contributed by atoms with Crippen molar-refractivity contribution in [3.05, 3.63) is 40.9 Å². The molecule has 0 saturated heterocycles. The van der Waals surface area contributed by atoms with Crippen LogP contribution in [0, 0.1) is 12.8 Å². The lowest BCUT2D eigenvalue weighted by atomic mass is 9.99. The minimum absolute atomic E-state index is 0.0859. The van der Waals surface area contributed by atoms with Crippen molar-refractivity contribution in [2.45, 2.75) is 39.7 Å². The number of hydrogen-bond acceptors (Lipinski definition) is 4. The number of carboxylic acid groups (broad SMARTS) is 1. The van der Waals surface area contributed by atoms with Gasteiger partial charge in [0.1, 0.15) is 11.0 Å². The Hall–Kier alpha value is -2.21. The molecule has 0 fully saturated rings. The molecule has 1 heterocycles. The quantitative estimate of drug-likeness (QED) is 0.806. The molecule has 0 bridgehead atoms. The van der Waals surface area contributed by atoms with Crippen LogP contribution in [-0.4, -0.2) is 28.0 Å². The maximum atomic E-state index is 12.1. The molecule has 1 aromatic carbocycles. The highest BCUT2D eigenvalue weighted by molar-refractivity contribution is 7.13. The van der Waals surface area contributed by atoms with Crippen molar-refractivity contribution >= 4 is 23.2 Å². The van der Waals surface area contributed by atoms with Gasteiger partial charge in [0, 0.05) is 10.9 Å². The molecule has 0 radical (unpaired) electrons. The van der Waals surface area contributed by atoms with E-state index in [1.54, 1.807) is 0 Å². The van der Waals surface area contributed by atoms with Gasteiger partial charge >= 0.3 is 5.97 Å². The molecule has 0 unspecified atom stereocenters. The van der Waals surface area contributed by atoms with E-state index in [1.165, 1.54) is 16.9 Å². The van der Waals surface area contributed by atoms with Crippen LogP contribution in [0.25, 0.3) is 10.6 Å². The van der Waals surface area contributed by atoms with E-state index in [4.69, 9.17) is 0 Å². The highest BCUT2D eigenvalue weighted by Crippen LogP contribution is 2.24. The molecule has 24 heavy (non-hydrogen) atoms. The summed E-state index contributed by atoms with van der Waals surface area (Å²) >= 11 is 1.48. The van der Waals surface area contributed by atoms with Crippen LogP contribution in [0.1, 0.15) is 31.5 Å². The second-order valence-corrected chi connectivity index (χ2v) is 6.81. The number of carbonyl (C=O) groups is 2. The molecule has 2 rings (SSSR count). The zero-order chi connectivity index (χ0) is 17.7. The molecule has 6 heteroatoms. The van der Waals surface area contributed by atoms with E-state index in [-0.39, 0.29) is 18.2 Å². The molecule has 1 aromatic heterocycles. The van der Waals surface area contributed by atoms with Crippen molar-refractivity contribution in [1.29, 1.82) is 0 Å². The third-order valence-electron chi connectivity index (χ3n) is 3.99. The Bertz CT molecular complexity index is 709. The minimum Gasteiger partial charge on any atom is -0.480 e. The van der Waals surface area contributed by atoms with Crippen LogP contribution < -0.4 is 5.32 Å². The summed E-state index contributed by atoms with van der Waals surface area (Å²) in [6, 6.07) is 7.18. The topological polar surface area (TPSA) is 79.3 Å². The second kappa shape index (κ2) is 8.06. The number of hydrogen-bond donors (Lipinski definition) is 2. The Morgan fingerprint density at radius 3 is 2.54 bits per heavy atom. The third-order valence-corrected chi connectivity index (χ3v) is 4.93. The number of nitrogens with one attached hydrogen (secondary N) is 1. The summed E-state index contributed by atoms with van der Waals surface area (Å²) in [7, 11) is 0. The van der Waals surface area contributed by atoms with Gasteiger partial charge in [-0.2, -0.15) is 0 Å². The normalized spacial score (nSPS) is 13.3. The van der Waals surface area contributed by atoms with E-state index in [0.717, 1.165) is 10.6 Å². The lowest BCUT2D eigenvalue weighted by Crippen LogP contribution is -2.45. The zero-order valence-electron chi connectivity index (χ0n) is 14.1. The predicted octanol–water partition coefficient (Wildman–Crippen LogP) is 3.28. The number of thiazole rings is 1. The SMILES string of the molecule is CC[C@H](C)[C@H](NC(=O)Cc1csc(-c2ccc(C)cc2)n1)C(=O)O. The Labute approximate surface area is 145 Å². The Kier molecular flexibility index (Phi) is 6.09. The fourth-order valence-electron chi connectivity index (χ4n) is 2.29. The van der Waals surface area contributed by atoms with Gasteiger partial charge in [0.15, 0.2) is 0 Å². The molecule has 1 amide bonds. The van der Waals surface area contributed by atoms with Gasteiger partial charge in [0.05, 0.1) is 12.1 Å². The summed E-state index contributed by atoms with van der Waals surface area (Å²) in [4.78, 5) is 27.9. The zero-order valence-corrected chi connectivity index (χ0v) is 14.9. The monoisotopic (exact) mass is 346 g/mol. The van der Waals surface area contributed by atoms with Gasteiger partial charge in [-0.05, 0) is 12.8 Å². The Balaban J connectivity index is 2.02. The highest BCUT2D eigenvalue weighted by atomic mass is 32.1. The smallest absolute Gasteiger partial charge is 0.326 e. The largest absolute Gasteiger partial charge is 0.480 e. The summed E-state index contributed by atoms with van der Waals surface area (Å²) in [5, 5.41) is 14.5. The van der Waals surface area contributed by atoms with E-state index in [0.29, 0.717) is 12.1 Å². The van der Waals surface area contributed by atoms with Gasteiger partial charge in [-0.1, -0.05) is 50.1 Å². The molecular weight excluding hydrogens is 324 g/mol. The first-order valence-electron chi connectivity index (χ1n) is 7.94. The maximum absolute atomic E-state index is 12.1. The fourth-order valence-corrected chi connectivity index (χ4v) is 3.11. The van der Waals surface area contributed by atoms with Crippen molar-refractivity contribution in [3.8, 4) is 10.6 Å².